The summed E-state index contributed by atoms with van der Waals surface area (Å²) in [6.07, 6.45) is 2.55. The number of aryl methyl sites for hydroxylation is 1. The molecule has 1 heterocycles. The number of nitrogens with one attached hydrogen (secondary N) is 5. The van der Waals surface area contributed by atoms with Crippen LogP contribution in [0.3, 0.4) is 0 Å². The first-order chi connectivity index (χ1) is 23.2. The number of H-pyrrole nitrogens is 2. The molecule has 4 aromatic rings. The van der Waals surface area contributed by atoms with Gasteiger partial charge in [0.2, 0.25) is 11.8 Å². The average Bonchev–Trinajstić information content (AvgIpc) is 3.42. The second-order valence-corrected chi connectivity index (χ2v) is 13.7. The molecular weight excluding hydrogens is 626 g/mol. The van der Waals surface area contributed by atoms with Gasteiger partial charge in [-0.1, -0.05) is 30.3 Å². The molecule has 0 saturated heterocycles. The number of carboxylic acid groups (broad SMARTS) is 1. The van der Waals surface area contributed by atoms with Gasteiger partial charge in [0.15, 0.2) is 0 Å². The predicted molar refractivity (Wildman–Crippen MR) is 186 cm³/mol. The van der Waals surface area contributed by atoms with E-state index >= 15 is 0 Å². The molecule has 0 spiro atoms. The fourth-order valence-corrected chi connectivity index (χ4v) is 6.19. The highest BCUT2D eigenvalue weighted by molar-refractivity contribution is 5.99. The molecule has 1 saturated carbocycles. The standard InChI is InChI=1S/C37H43N5O7/c1-21-17-26(34(45)46)13-15-28(21)24-9-5-22(6-10-24)18-31(33(44)39-27-14-16-29-30(19-27)42-35(47)41-29)40-32(43)25-11-7-23(8-12-25)20-38-36(48)49-37(2,3)4/h5-6,9-10,13-17,19,23,25,31H,7-8,11-12,18,20H2,1-4H3,(H,38,48)(H,39,44)(H,40,43)(H,45,46)(H2,41,42,47)/t23-,25-,31-/m0/s1. The van der Waals surface area contributed by atoms with E-state index in [1.165, 1.54) is 0 Å². The zero-order chi connectivity index (χ0) is 35.3. The summed E-state index contributed by atoms with van der Waals surface area (Å²) in [5.74, 6) is -1.62. The molecule has 1 aromatic heterocycles. The molecular formula is C37H43N5O7. The number of hydrogen-bond acceptors (Lipinski definition) is 6. The Morgan fingerprint density at radius 1 is 0.918 bits per heavy atom. The van der Waals surface area contributed by atoms with E-state index in [-0.39, 0.29) is 35.4 Å². The van der Waals surface area contributed by atoms with Gasteiger partial charge in [0, 0.05) is 24.6 Å². The molecule has 0 radical (unpaired) electrons. The Hall–Kier alpha value is -5.39. The third-order valence-corrected chi connectivity index (χ3v) is 8.75. The molecule has 1 aliphatic rings. The van der Waals surface area contributed by atoms with Gasteiger partial charge in [0.1, 0.15) is 11.6 Å². The first kappa shape index (κ1) is 34.9. The number of fused-ring (bicyclic) bond motifs is 1. The van der Waals surface area contributed by atoms with Crippen molar-refractivity contribution in [1.82, 2.24) is 20.6 Å². The van der Waals surface area contributed by atoms with Crippen LogP contribution in [0.1, 0.15) is 67.9 Å². The van der Waals surface area contributed by atoms with E-state index in [1.54, 1.807) is 36.4 Å². The fraction of sp³-hybridized carbons (Fsp3) is 0.378. The molecule has 12 nitrogen and oxygen atoms in total. The van der Waals surface area contributed by atoms with E-state index in [2.05, 4.69) is 25.9 Å². The number of imidazole rings is 1. The van der Waals surface area contributed by atoms with E-state index < -0.39 is 29.6 Å². The van der Waals surface area contributed by atoms with E-state index in [9.17, 15) is 29.1 Å². The molecule has 258 valence electrons. The van der Waals surface area contributed by atoms with Crippen molar-refractivity contribution in [3.8, 4) is 11.1 Å². The summed E-state index contributed by atoms with van der Waals surface area (Å²) >= 11 is 0. The fourth-order valence-electron chi connectivity index (χ4n) is 6.19. The van der Waals surface area contributed by atoms with Crippen LogP contribution in [0, 0.1) is 18.8 Å². The summed E-state index contributed by atoms with van der Waals surface area (Å²) in [5.41, 5.74) is 4.37. The highest BCUT2D eigenvalue weighted by atomic mass is 16.6. The van der Waals surface area contributed by atoms with Crippen LogP contribution in [0.4, 0.5) is 10.5 Å². The molecule has 0 aliphatic heterocycles. The Kier molecular flexibility index (Phi) is 10.5. The Labute approximate surface area is 284 Å². The maximum absolute atomic E-state index is 13.7. The first-order valence-electron chi connectivity index (χ1n) is 16.5. The second-order valence-electron chi connectivity index (χ2n) is 13.7. The van der Waals surface area contributed by atoms with Crippen molar-refractivity contribution in [3.05, 3.63) is 87.8 Å². The Bertz CT molecular complexity index is 1900. The number of alkyl carbamates (subject to hydrolysis) is 1. The first-order valence-corrected chi connectivity index (χ1v) is 16.5. The maximum Gasteiger partial charge on any atom is 0.407 e. The topological polar surface area (TPSA) is 182 Å². The van der Waals surface area contributed by atoms with Gasteiger partial charge in [-0.05, 0) is 112 Å². The lowest BCUT2D eigenvalue weighted by molar-refractivity contribution is -0.130. The zero-order valence-electron chi connectivity index (χ0n) is 28.1. The van der Waals surface area contributed by atoms with Crippen LogP contribution < -0.4 is 21.6 Å². The van der Waals surface area contributed by atoms with Crippen LogP contribution >= 0.6 is 0 Å². The molecule has 1 fully saturated rings. The molecule has 1 aliphatic carbocycles. The largest absolute Gasteiger partial charge is 0.478 e. The maximum atomic E-state index is 13.7. The Morgan fingerprint density at radius 3 is 2.27 bits per heavy atom. The minimum atomic E-state index is -0.985. The van der Waals surface area contributed by atoms with Crippen molar-refractivity contribution in [2.75, 3.05) is 11.9 Å². The van der Waals surface area contributed by atoms with Crippen molar-refractivity contribution < 1.29 is 29.0 Å². The molecule has 5 rings (SSSR count). The summed E-state index contributed by atoms with van der Waals surface area (Å²) in [6.45, 7) is 7.77. The van der Waals surface area contributed by atoms with Crippen molar-refractivity contribution >= 4 is 40.6 Å². The molecule has 12 heteroatoms. The van der Waals surface area contributed by atoms with Crippen LogP contribution in [0.15, 0.2) is 65.5 Å². The number of rotatable bonds is 10. The van der Waals surface area contributed by atoms with Gasteiger partial charge in [0.05, 0.1) is 16.6 Å². The lowest BCUT2D eigenvalue weighted by Gasteiger charge is -2.29. The number of amides is 3. The van der Waals surface area contributed by atoms with Gasteiger partial charge in [0.25, 0.3) is 0 Å². The van der Waals surface area contributed by atoms with E-state index in [1.807, 2.05) is 52.0 Å². The van der Waals surface area contributed by atoms with Crippen LogP contribution in [0.25, 0.3) is 22.2 Å². The summed E-state index contributed by atoms with van der Waals surface area (Å²) < 4.78 is 5.33. The van der Waals surface area contributed by atoms with E-state index in [0.29, 0.717) is 36.1 Å². The van der Waals surface area contributed by atoms with Gasteiger partial charge < -0.3 is 35.8 Å². The number of carbonyl (C=O) groups excluding carboxylic acids is 3. The van der Waals surface area contributed by atoms with Crippen molar-refractivity contribution in [2.45, 2.75) is 71.4 Å². The smallest absolute Gasteiger partial charge is 0.407 e. The minimum absolute atomic E-state index is 0.199. The molecule has 3 amide bonds. The van der Waals surface area contributed by atoms with Crippen LogP contribution in [-0.4, -0.2) is 57.1 Å². The van der Waals surface area contributed by atoms with Crippen LogP contribution in [0.2, 0.25) is 0 Å². The predicted octanol–water partition coefficient (Wildman–Crippen LogP) is 5.53. The molecule has 0 bridgehead atoms. The van der Waals surface area contributed by atoms with Crippen LogP contribution in [-0.2, 0) is 20.7 Å². The average molecular weight is 670 g/mol. The molecule has 49 heavy (non-hydrogen) atoms. The van der Waals surface area contributed by atoms with Gasteiger partial charge in [-0.2, -0.15) is 0 Å². The Balaban J connectivity index is 1.26. The van der Waals surface area contributed by atoms with Gasteiger partial charge >= 0.3 is 17.8 Å². The number of carboxylic acids is 1. The molecule has 3 aromatic carbocycles. The summed E-state index contributed by atoms with van der Waals surface area (Å²) in [6, 6.07) is 16.7. The molecule has 1 atom stereocenters. The highest BCUT2D eigenvalue weighted by Crippen LogP contribution is 2.29. The van der Waals surface area contributed by atoms with E-state index in [4.69, 9.17) is 4.74 Å². The summed E-state index contributed by atoms with van der Waals surface area (Å²) in [7, 11) is 0. The number of hydrogen-bond donors (Lipinski definition) is 6. The lowest BCUT2D eigenvalue weighted by Crippen LogP contribution is -2.48. The molecule has 6 N–H and O–H groups in total. The number of ether oxygens (including phenoxy) is 1. The minimum Gasteiger partial charge on any atom is -0.478 e. The normalized spacial score (nSPS) is 16.8. The van der Waals surface area contributed by atoms with Crippen molar-refractivity contribution in [1.29, 1.82) is 0 Å². The van der Waals surface area contributed by atoms with Gasteiger partial charge in [-0.15, -0.1) is 0 Å². The Morgan fingerprint density at radius 2 is 1.61 bits per heavy atom. The number of benzene rings is 3. The molecule has 0 unspecified atom stereocenters. The van der Waals surface area contributed by atoms with Crippen LogP contribution in [0.5, 0.6) is 0 Å². The monoisotopic (exact) mass is 669 g/mol. The highest BCUT2D eigenvalue weighted by Gasteiger charge is 2.30. The number of carbonyl (C=O) groups is 4. The van der Waals surface area contributed by atoms with Crippen molar-refractivity contribution in [2.24, 2.45) is 11.8 Å². The number of aromatic nitrogens is 2. The number of aromatic carboxylic acids is 1. The van der Waals surface area contributed by atoms with Gasteiger partial charge in [-0.25, -0.2) is 14.4 Å². The zero-order valence-corrected chi connectivity index (χ0v) is 28.1. The van der Waals surface area contributed by atoms with E-state index in [0.717, 1.165) is 35.1 Å². The quantitative estimate of drug-likeness (QED) is 0.128. The summed E-state index contributed by atoms with van der Waals surface area (Å²) in [4.78, 5) is 67.8. The second kappa shape index (κ2) is 14.8. The van der Waals surface area contributed by atoms with Crippen molar-refractivity contribution in [3.63, 3.8) is 0 Å². The third kappa shape index (κ3) is 9.37. The third-order valence-electron chi connectivity index (χ3n) is 8.75. The van der Waals surface area contributed by atoms with Gasteiger partial charge in [-0.3, -0.25) is 9.59 Å². The number of anilines is 1. The summed E-state index contributed by atoms with van der Waals surface area (Å²) in [5, 5.41) is 18.0. The SMILES string of the molecule is Cc1cc(C(=O)O)ccc1-c1ccc(C[C@H](NC(=O)[C@H]2CC[C@H](CNC(=O)OC(C)(C)C)CC2)C(=O)Nc2ccc3[nH]c(=O)[nH]c3c2)cc1. The number of aromatic amines is 2. The lowest BCUT2D eigenvalue weighted by atomic mass is 9.81.